The van der Waals surface area contributed by atoms with Gasteiger partial charge in [-0.15, -0.1) is 24.8 Å². The summed E-state index contributed by atoms with van der Waals surface area (Å²) in [5.41, 5.74) is 1.18. The van der Waals surface area contributed by atoms with Crippen LogP contribution in [0, 0.1) is 11.7 Å². The summed E-state index contributed by atoms with van der Waals surface area (Å²) in [7, 11) is 0. The number of hydrogen-bond acceptors (Lipinski definition) is 2. The van der Waals surface area contributed by atoms with Gasteiger partial charge >= 0.3 is 0 Å². The van der Waals surface area contributed by atoms with Gasteiger partial charge in [-0.1, -0.05) is 24.1 Å². The van der Waals surface area contributed by atoms with Crippen molar-refractivity contribution >= 4 is 36.4 Å². The van der Waals surface area contributed by atoms with Gasteiger partial charge in [-0.3, -0.25) is 4.90 Å². The Morgan fingerprint density at radius 2 is 1.86 bits per heavy atom. The van der Waals surface area contributed by atoms with Crippen molar-refractivity contribution in [2.75, 3.05) is 26.2 Å². The molecule has 1 aromatic rings. The first kappa shape index (κ1) is 19.0. The van der Waals surface area contributed by atoms with Gasteiger partial charge in [0, 0.05) is 32.2 Å². The molecule has 1 N–H and O–H groups in total. The lowest BCUT2D eigenvalue weighted by molar-refractivity contribution is 0.0837. The Balaban J connectivity index is 0.00000110. The van der Waals surface area contributed by atoms with Gasteiger partial charge in [-0.25, -0.2) is 4.39 Å². The average Bonchev–Trinajstić information content (AvgIpc) is 2.38. The zero-order chi connectivity index (χ0) is 13.2. The second-order valence-corrected chi connectivity index (χ2v) is 6.00. The second-order valence-electron chi connectivity index (χ2n) is 5.60. The number of nitrogens with one attached hydrogen (secondary N) is 1. The molecule has 1 aliphatic heterocycles. The van der Waals surface area contributed by atoms with Crippen LogP contribution in [0.4, 0.5) is 4.39 Å². The molecule has 6 heteroatoms. The molecule has 120 valence electrons. The molecule has 1 saturated heterocycles. The molecule has 3 rings (SSSR count). The highest BCUT2D eigenvalue weighted by Gasteiger charge is 2.33. The zero-order valence-corrected chi connectivity index (χ0v) is 14.2. The van der Waals surface area contributed by atoms with E-state index in [1.807, 2.05) is 12.1 Å². The highest BCUT2D eigenvalue weighted by atomic mass is 35.5. The molecule has 0 aromatic heterocycles. The molecule has 2 aliphatic rings. The Kier molecular flexibility index (Phi) is 7.72. The fourth-order valence-corrected chi connectivity index (χ4v) is 3.38. The molecular weight excluding hydrogens is 334 g/mol. The van der Waals surface area contributed by atoms with Crippen LogP contribution in [0.3, 0.4) is 0 Å². The van der Waals surface area contributed by atoms with Crippen molar-refractivity contribution in [3.05, 3.63) is 34.6 Å². The van der Waals surface area contributed by atoms with Crippen LogP contribution in [0.25, 0.3) is 0 Å². The Hall–Kier alpha value is -0.0600. The van der Waals surface area contributed by atoms with Gasteiger partial charge in [-0.05, 0) is 36.5 Å². The van der Waals surface area contributed by atoms with Gasteiger partial charge in [-0.2, -0.15) is 0 Å². The third kappa shape index (κ3) is 4.23. The highest BCUT2D eigenvalue weighted by molar-refractivity contribution is 6.30. The lowest BCUT2D eigenvalue weighted by Crippen LogP contribution is -2.47. The third-order valence-corrected chi connectivity index (χ3v) is 4.72. The summed E-state index contributed by atoms with van der Waals surface area (Å²) in [5, 5.41) is 3.64. The smallest absolute Gasteiger partial charge is 0.141 e. The molecule has 0 radical (unpaired) electrons. The summed E-state index contributed by atoms with van der Waals surface area (Å²) in [6.07, 6.45) is 3.88. The van der Waals surface area contributed by atoms with Crippen molar-refractivity contribution in [3.8, 4) is 0 Å². The molecule has 1 aliphatic carbocycles. The molecule has 1 saturated carbocycles. The Morgan fingerprint density at radius 3 is 2.38 bits per heavy atom. The average molecular weight is 356 g/mol. The maximum atomic E-state index is 13.3. The molecule has 1 atom stereocenters. The summed E-state index contributed by atoms with van der Waals surface area (Å²) < 4.78 is 13.3. The van der Waals surface area contributed by atoms with Crippen LogP contribution in [-0.2, 0) is 0 Å². The first-order chi connectivity index (χ1) is 9.25. The molecule has 0 amide bonds. The van der Waals surface area contributed by atoms with Gasteiger partial charge in [0.05, 0.1) is 5.02 Å². The predicted molar refractivity (Wildman–Crippen MR) is 90.4 cm³/mol. The lowest BCUT2D eigenvalue weighted by atomic mass is 9.76. The molecule has 1 heterocycles. The van der Waals surface area contributed by atoms with Crippen molar-refractivity contribution in [2.24, 2.45) is 5.92 Å². The second kappa shape index (κ2) is 8.54. The SMILES string of the molecule is Cl.Cl.Fc1ccc([C@H](C2CCC2)N2CCNCC2)cc1Cl. The molecule has 0 unspecified atom stereocenters. The Bertz CT molecular complexity index is 449. The summed E-state index contributed by atoms with van der Waals surface area (Å²) in [4.78, 5) is 2.53. The van der Waals surface area contributed by atoms with E-state index in [0.717, 1.165) is 26.2 Å². The summed E-state index contributed by atoms with van der Waals surface area (Å²) >= 11 is 5.96. The first-order valence-corrected chi connectivity index (χ1v) is 7.53. The summed E-state index contributed by atoms with van der Waals surface area (Å²) in [6, 6.07) is 5.65. The van der Waals surface area contributed by atoms with E-state index < -0.39 is 0 Å². The predicted octanol–water partition coefficient (Wildman–Crippen LogP) is 4.07. The Morgan fingerprint density at radius 1 is 1.19 bits per heavy atom. The van der Waals surface area contributed by atoms with Gasteiger partial charge in [0.15, 0.2) is 0 Å². The van der Waals surface area contributed by atoms with E-state index in [-0.39, 0.29) is 35.7 Å². The third-order valence-electron chi connectivity index (χ3n) is 4.43. The molecule has 2 nitrogen and oxygen atoms in total. The van der Waals surface area contributed by atoms with E-state index in [9.17, 15) is 4.39 Å². The van der Waals surface area contributed by atoms with E-state index in [2.05, 4.69) is 10.2 Å². The van der Waals surface area contributed by atoms with Crippen LogP contribution < -0.4 is 5.32 Å². The van der Waals surface area contributed by atoms with E-state index in [1.165, 1.54) is 30.9 Å². The topological polar surface area (TPSA) is 15.3 Å². The van der Waals surface area contributed by atoms with Crippen LogP contribution in [0.5, 0.6) is 0 Å². The van der Waals surface area contributed by atoms with Crippen molar-refractivity contribution in [2.45, 2.75) is 25.3 Å². The Labute approximate surface area is 143 Å². The van der Waals surface area contributed by atoms with Crippen molar-refractivity contribution in [1.29, 1.82) is 0 Å². The maximum Gasteiger partial charge on any atom is 0.141 e. The standard InChI is InChI=1S/C15H20ClFN2.2ClH/c16-13-10-12(4-5-14(13)17)15(11-2-1-3-11)19-8-6-18-7-9-19;;/h4-5,10-11,15,18H,1-3,6-9H2;2*1H/t15-;;/m0../s1. The molecule has 0 bridgehead atoms. The van der Waals surface area contributed by atoms with Crippen LogP contribution in [0.2, 0.25) is 5.02 Å². The maximum absolute atomic E-state index is 13.3. The number of rotatable bonds is 3. The van der Waals surface area contributed by atoms with E-state index in [4.69, 9.17) is 11.6 Å². The van der Waals surface area contributed by atoms with Crippen molar-refractivity contribution in [3.63, 3.8) is 0 Å². The van der Waals surface area contributed by atoms with E-state index >= 15 is 0 Å². The lowest BCUT2D eigenvalue weighted by Gasteiger charge is -2.43. The number of piperazine rings is 1. The summed E-state index contributed by atoms with van der Waals surface area (Å²) in [6.45, 7) is 4.21. The van der Waals surface area contributed by atoms with Gasteiger partial charge in [0.1, 0.15) is 5.82 Å². The van der Waals surface area contributed by atoms with Gasteiger partial charge in [0.25, 0.3) is 0 Å². The fraction of sp³-hybridized carbons (Fsp3) is 0.600. The van der Waals surface area contributed by atoms with Crippen LogP contribution in [-0.4, -0.2) is 31.1 Å². The highest BCUT2D eigenvalue weighted by Crippen LogP contribution is 2.42. The molecule has 2 fully saturated rings. The minimum absolute atomic E-state index is 0. The zero-order valence-electron chi connectivity index (χ0n) is 11.9. The first-order valence-electron chi connectivity index (χ1n) is 7.15. The number of benzene rings is 1. The van der Waals surface area contributed by atoms with Crippen LogP contribution in [0.15, 0.2) is 18.2 Å². The molecular formula is C15H22Cl3FN2. The van der Waals surface area contributed by atoms with Gasteiger partial charge in [0.2, 0.25) is 0 Å². The number of halogens is 4. The monoisotopic (exact) mass is 354 g/mol. The van der Waals surface area contributed by atoms with Gasteiger partial charge < -0.3 is 5.32 Å². The number of nitrogens with zero attached hydrogens (tertiary/aromatic N) is 1. The number of hydrogen-bond donors (Lipinski definition) is 1. The fourth-order valence-electron chi connectivity index (χ4n) is 3.19. The van der Waals surface area contributed by atoms with Crippen molar-refractivity contribution in [1.82, 2.24) is 10.2 Å². The van der Waals surface area contributed by atoms with Crippen molar-refractivity contribution < 1.29 is 4.39 Å². The van der Waals surface area contributed by atoms with E-state index in [1.54, 1.807) is 0 Å². The normalized spacial score (nSPS) is 20.9. The minimum atomic E-state index is -0.321. The molecule has 1 aromatic carbocycles. The van der Waals surface area contributed by atoms with Crippen LogP contribution >= 0.6 is 36.4 Å². The summed E-state index contributed by atoms with van der Waals surface area (Å²) in [5.74, 6) is 0.387. The largest absolute Gasteiger partial charge is 0.314 e. The molecule has 0 spiro atoms. The minimum Gasteiger partial charge on any atom is -0.314 e. The quantitative estimate of drug-likeness (QED) is 0.879. The van der Waals surface area contributed by atoms with Crippen LogP contribution in [0.1, 0.15) is 30.9 Å². The molecule has 21 heavy (non-hydrogen) atoms. The van der Waals surface area contributed by atoms with E-state index in [0.29, 0.717) is 12.0 Å².